The fourth-order valence-electron chi connectivity index (χ4n) is 2.22. The first-order valence-corrected chi connectivity index (χ1v) is 7.42. The molecular weight excluding hydrogens is 330 g/mol. The van der Waals surface area contributed by atoms with Crippen LogP contribution in [-0.2, 0) is 4.79 Å². The van der Waals surface area contributed by atoms with Gasteiger partial charge in [0.15, 0.2) is 5.58 Å². The van der Waals surface area contributed by atoms with Crippen LogP contribution in [-0.4, -0.2) is 17.4 Å². The molecule has 0 aliphatic heterocycles. The van der Waals surface area contributed by atoms with Crippen molar-refractivity contribution in [1.82, 2.24) is 4.98 Å². The number of azide groups is 1. The van der Waals surface area contributed by atoms with Gasteiger partial charge in [-0.05, 0) is 48.4 Å². The minimum atomic E-state index is -0.422. The second kappa shape index (κ2) is 6.62. The van der Waals surface area contributed by atoms with Crippen LogP contribution < -0.4 is 5.32 Å². The number of oxazole rings is 1. The van der Waals surface area contributed by atoms with E-state index in [4.69, 9.17) is 21.5 Å². The maximum Gasteiger partial charge on any atom is 0.230 e. The van der Waals surface area contributed by atoms with Crippen LogP contribution in [0, 0.1) is 6.92 Å². The number of carbonyl (C=O) groups excluding carboxylic acids is 1. The van der Waals surface area contributed by atoms with Gasteiger partial charge in [-0.2, -0.15) is 0 Å². The number of carbonyl (C=O) groups is 1. The number of rotatable bonds is 4. The molecule has 1 N–H and O–H groups in total. The Hall–Kier alpha value is -3.02. The van der Waals surface area contributed by atoms with E-state index in [0.717, 1.165) is 11.1 Å². The Morgan fingerprint density at radius 3 is 3.00 bits per heavy atom. The molecule has 3 rings (SSSR count). The Bertz CT molecular complexity index is 976. The van der Waals surface area contributed by atoms with Crippen molar-refractivity contribution in [3.63, 3.8) is 0 Å². The lowest BCUT2D eigenvalue weighted by molar-refractivity contribution is -0.114. The van der Waals surface area contributed by atoms with Crippen molar-refractivity contribution in [2.24, 2.45) is 5.11 Å². The average Bonchev–Trinajstić information content (AvgIpc) is 2.97. The van der Waals surface area contributed by atoms with Gasteiger partial charge in [0.25, 0.3) is 0 Å². The number of halogens is 1. The van der Waals surface area contributed by atoms with Gasteiger partial charge in [0.2, 0.25) is 11.8 Å². The van der Waals surface area contributed by atoms with Crippen molar-refractivity contribution in [3.05, 3.63) is 57.4 Å². The SMILES string of the molecule is Cc1ccc2oc(-c3cc(NC(=O)CN=[N+]=[N-])ccc3Cl)nc2c1. The highest BCUT2D eigenvalue weighted by molar-refractivity contribution is 6.33. The number of aromatic nitrogens is 1. The Morgan fingerprint density at radius 1 is 1.38 bits per heavy atom. The largest absolute Gasteiger partial charge is 0.436 e. The number of benzene rings is 2. The van der Waals surface area contributed by atoms with Crippen LogP contribution >= 0.6 is 11.6 Å². The zero-order valence-electron chi connectivity index (χ0n) is 12.7. The van der Waals surface area contributed by atoms with Gasteiger partial charge in [0.1, 0.15) is 12.1 Å². The normalized spacial score (nSPS) is 10.4. The van der Waals surface area contributed by atoms with E-state index in [9.17, 15) is 4.79 Å². The highest BCUT2D eigenvalue weighted by atomic mass is 35.5. The summed E-state index contributed by atoms with van der Waals surface area (Å²) >= 11 is 6.23. The monoisotopic (exact) mass is 341 g/mol. The first-order valence-electron chi connectivity index (χ1n) is 7.04. The fourth-order valence-corrected chi connectivity index (χ4v) is 2.41. The topological polar surface area (TPSA) is 104 Å². The van der Waals surface area contributed by atoms with E-state index in [1.54, 1.807) is 18.2 Å². The number of aryl methyl sites for hydroxylation is 1. The van der Waals surface area contributed by atoms with E-state index in [1.807, 2.05) is 25.1 Å². The molecule has 1 aromatic heterocycles. The van der Waals surface area contributed by atoms with E-state index in [-0.39, 0.29) is 6.54 Å². The van der Waals surface area contributed by atoms with E-state index in [0.29, 0.717) is 27.7 Å². The Balaban J connectivity index is 1.95. The maximum atomic E-state index is 11.6. The molecule has 0 unspecified atom stereocenters. The molecule has 0 fully saturated rings. The molecule has 0 saturated carbocycles. The molecule has 0 radical (unpaired) electrons. The molecule has 24 heavy (non-hydrogen) atoms. The van der Waals surface area contributed by atoms with Crippen LogP contribution in [0.25, 0.3) is 33.0 Å². The molecule has 0 aliphatic carbocycles. The average molecular weight is 342 g/mol. The van der Waals surface area contributed by atoms with Gasteiger partial charge in [-0.15, -0.1) is 0 Å². The standard InChI is InChI=1S/C16H12ClN5O2/c1-9-2-5-14-13(6-9)21-16(24-14)11-7-10(3-4-12(11)17)20-15(23)8-19-22-18/h2-7H,8H2,1H3,(H,20,23). The maximum absolute atomic E-state index is 11.6. The van der Waals surface area contributed by atoms with Gasteiger partial charge in [-0.1, -0.05) is 22.8 Å². The lowest BCUT2D eigenvalue weighted by Gasteiger charge is -2.06. The fraction of sp³-hybridized carbons (Fsp3) is 0.125. The molecule has 1 heterocycles. The molecule has 7 nitrogen and oxygen atoms in total. The van der Waals surface area contributed by atoms with Gasteiger partial charge in [-0.25, -0.2) is 4.98 Å². The van der Waals surface area contributed by atoms with E-state index in [2.05, 4.69) is 20.3 Å². The predicted octanol–water partition coefficient (Wildman–Crippen LogP) is 4.71. The summed E-state index contributed by atoms with van der Waals surface area (Å²) in [5.41, 5.74) is 11.8. The lowest BCUT2D eigenvalue weighted by atomic mass is 10.2. The quantitative estimate of drug-likeness (QED) is 0.422. The van der Waals surface area contributed by atoms with Crippen LogP contribution in [0.2, 0.25) is 5.02 Å². The molecule has 120 valence electrons. The van der Waals surface area contributed by atoms with Gasteiger partial charge in [0, 0.05) is 10.6 Å². The Kier molecular flexibility index (Phi) is 4.37. The third-order valence-electron chi connectivity index (χ3n) is 3.30. The molecule has 0 atom stereocenters. The summed E-state index contributed by atoms with van der Waals surface area (Å²) in [5.74, 6) is -0.0546. The summed E-state index contributed by atoms with van der Waals surface area (Å²) in [7, 11) is 0. The van der Waals surface area contributed by atoms with Crippen molar-refractivity contribution in [2.75, 3.05) is 11.9 Å². The van der Waals surface area contributed by atoms with Crippen molar-refractivity contribution < 1.29 is 9.21 Å². The second-order valence-electron chi connectivity index (χ2n) is 5.12. The predicted molar refractivity (Wildman–Crippen MR) is 91.8 cm³/mol. The second-order valence-corrected chi connectivity index (χ2v) is 5.53. The van der Waals surface area contributed by atoms with E-state index < -0.39 is 5.91 Å². The molecule has 0 spiro atoms. The molecule has 0 bridgehead atoms. The summed E-state index contributed by atoms with van der Waals surface area (Å²) in [4.78, 5) is 18.6. The van der Waals surface area contributed by atoms with Crippen LogP contribution in [0.5, 0.6) is 0 Å². The molecule has 3 aromatic rings. The molecule has 0 saturated heterocycles. The van der Waals surface area contributed by atoms with Crippen molar-refractivity contribution in [3.8, 4) is 11.5 Å². The summed E-state index contributed by atoms with van der Waals surface area (Å²) in [5, 5.41) is 6.29. The number of nitrogens with one attached hydrogen (secondary N) is 1. The number of hydrogen-bond donors (Lipinski definition) is 1. The minimum Gasteiger partial charge on any atom is -0.436 e. The summed E-state index contributed by atoms with van der Waals surface area (Å²) in [6.07, 6.45) is 0. The van der Waals surface area contributed by atoms with Crippen LogP contribution in [0.3, 0.4) is 0 Å². The van der Waals surface area contributed by atoms with Gasteiger partial charge < -0.3 is 9.73 Å². The number of fused-ring (bicyclic) bond motifs is 1. The van der Waals surface area contributed by atoms with Crippen molar-refractivity contribution >= 4 is 34.3 Å². The highest BCUT2D eigenvalue weighted by Gasteiger charge is 2.13. The van der Waals surface area contributed by atoms with E-state index in [1.165, 1.54) is 0 Å². The Morgan fingerprint density at radius 2 is 2.21 bits per heavy atom. The number of anilines is 1. The molecule has 8 heteroatoms. The summed E-state index contributed by atoms with van der Waals surface area (Å²) in [6.45, 7) is 1.69. The highest BCUT2D eigenvalue weighted by Crippen LogP contribution is 2.32. The number of amides is 1. The number of nitrogens with zero attached hydrogens (tertiary/aromatic N) is 4. The lowest BCUT2D eigenvalue weighted by Crippen LogP contribution is -2.14. The molecule has 0 aliphatic rings. The van der Waals surface area contributed by atoms with Crippen molar-refractivity contribution in [2.45, 2.75) is 6.92 Å². The van der Waals surface area contributed by atoms with Gasteiger partial charge in [-0.3, -0.25) is 4.79 Å². The third-order valence-corrected chi connectivity index (χ3v) is 3.63. The zero-order chi connectivity index (χ0) is 17.1. The smallest absolute Gasteiger partial charge is 0.230 e. The first-order chi connectivity index (χ1) is 11.6. The summed E-state index contributed by atoms with van der Waals surface area (Å²) < 4.78 is 5.74. The third kappa shape index (κ3) is 3.32. The molecule has 2 aromatic carbocycles. The number of hydrogen-bond acceptors (Lipinski definition) is 4. The molecule has 1 amide bonds. The molecular formula is C16H12ClN5O2. The zero-order valence-corrected chi connectivity index (χ0v) is 13.4. The van der Waals surface area contributed by atoms with Crippen LogP contribution in [0.1, 0.15) is 5.56 Å². The van der Waals surface area contributed by atoms with Crippen LogP contribution in [0.4, 0.5) is 5.69 Å². The van der Waals surface area contributed by atoms with Gasteiger partial charge in [0.05, 0.1) is 10.6 Å². The van der Waals surface area contributed by atoms with Gasteiger partial charge >= 0.3 is 0 Å². The minimum absolute atomic E-state index is 0.281. The van der Waals surface area contributed by atoms with E-state index >= 15 is 0 Å². The van der Waals surface area contributed by atoms with Crippen molar-refractivity contribution in [1.29, 1.82) is 0 Å². The van der Waals surface area contributed by atoms with Crippen LogP contribution in [0.15, 0.2) is 45.9 Å². The summed E-state index contributed by atoms with van der Waals surface area (Å²) in [6, 6.07) is 10.6. The first kappa shape index (κ1) is 15.9. The Labute approximate surface area is 141 Å².